The van der Waals surface area contributed by atoms with Gasteiger partial charge in [0, 0.05) is 24.5 Å². The van der Waals surface area contributed by atoms with Crippen molar-refractivity contribution in [2.75, 3.05) is 23.5 Å². The first-order valence-corrected chi connectivity index (χ1v) is 6.55. The van der Waals surface area contributed by atoms with E-state index in [4.69, 9.17) is 0 Å². The Labute approximate surface area is 97.1 Å². The third kappa shape index (κ3) is 3.74. The molecule has 84 valence electrons. The van der Waals surface area contributed by atoms with Crippen LogP contribution in [-0.4, -0.2) is 29.6 Å². The molecule has 3 heteroatoms. The van der Waals surface area contributed by atoms with E-state index in [0.717, 1.165) is 17.3 Å². The highest BCUT2D eigenvalue weighted by Crippen LogP contribution is 2.15. The molecule has 0 amide bonds. The molecular formula is C12H20N2S. The lowest BCUT2D eigenvalue weighted by Gasteiger charge is -2.25. The summed E-state index contributed by atoms with van der Waals surface area (Å²) in [6.45, 7) is 6.47. The van der Waals surface area contributed by atoms with Crippen LogP contribution in [0.1, 0.15) is 19.5 Å². The van der Waals surface area contributed by atoms with Crippen molar-refractivity contribution in [1.29, 1.82) is 0 Å². The second-order valence-electron chi connectivity index (χ2n) is 3.76. The topological polar surface area (TPSA) is 16.1 Å². The molecule has 1 atom stereocenters. The average molecular weight is 224 g/mol. The van der Waals surface area contributed by atoms with Gasteiger partial charge in [0.2, 0.25) is 0 Å². The Balaban J connectivity index is 2.62. The van der Waals surface area contributed by atoms with E-state index in [0.29, 0.717) is 6.04 Å². The van der Waals surface area contributed by atoms with Crippen molar-refractivity contribution >= 4 is 17.6 Å². The minimum Gasteiger partial charge on any atom is -0.356 e. The van der Waals surface area contributed by atoms with Crippen LogP contribution in [0.4, 0.5) is 5.82 Å². The molecule has 0 aromatic carbocycles. The monoisotopic (exact) mass is 224 g/mol. The van der Waals surface area contributed by atoms with Crippen molar-refractivity contribution in [3.63, 3.8) is 0 Å². The van der Waals surface area contributed by atoms with E-state index in [-0.39, 0.29) is 0 Å². The maximum absolute atomic E-state index is 4.52. The van der Waals surface area contributed by atoms with Crippen LogP contribution in [0.25, 0.3) is 0 Å². The molecule has 15 heavy (non-hydrogen) atoms. The standard InChI is InChI=1S/C12H20N2S/c1-5-15-9-11(3)14(4)12-8-6-7-10(2)13-12/h6-8,11H,5,9H2,1-4H3. The fourth-order valence-corrected chi connectivity index (χ4v) is 2.15. The van der Waals surface area contributed by atoms with Crippen LogP contribution in [-0.2, 0) is 0 Å². The summed E-state index contributed by atoms with van der Waals surface area (Å²) in [4.78, 5) is 6.76. The summed E-state index contributed by atoms with van der Waals surface area (Å²) in [7, 11) is 2.11. The number of nitrogens with zero attached hydrogens (tertiary/aromatic N) is 2. The van der Waals surface area contributed by atoms with Gasteiger partial charge >= 0.3 is 0 Å². The van der Waals surface area contributed by atoms with Gasteiger partial charge in [0.25, 0.3) is 0 Å². The van der Waals surface area contributed by atoms with Crippen LogP contribution in [0.3, 0.4) is 0 Å². The zero-order valence-electron chi connectivity index (χ0n) is 10.0. The first kappa shape index (κ1) is 12.4. The number of aromatic nitrogens is 1. The smallest absolute Gasteiger partial charge is 0.128 e. The summed E-state index contributed by atoms with van der Waals surface area (Å²) in [5.74, 6) is 3.40. The molecule has 0 aliphatic heterocycles. The molecule has 0 saturated carbocycles. The number of anilines is 1. The fourth-order valence-electron chi connectivity index (χ4n) is 1.35. The van der Waals surface area contributed by atoms with Gasteiger partial charge in [0.15, 0.2) is 0 Å². The van der Waals surface area contributed by atoms with E-state index in [1.54, 1.807) is 0 Å². The largest absolute Gasteiger partial charge is 0.356 e. The normalized spacial score (nSPS) is 12.5. The Morgan fingerprint density at radius 2 is 2.20 bits per heavy atom. The minimum absolute atomic E-state index is 0.532. The van der Waals surface area contributed by atoms with Crippen LogP contribution < -0.4 is 4.90 Å². The Morgan fingerprint density at radius 3 is 2.80 bits per heavy atom. The SMILES string of the molecule is CCSCC(C)N(C)c1cccc(C)n1. The highest BCUT2D eigenvalue weighted by molar-refractivity contribution is 7.99. The summed E-state index contributed by atoms with van der Waals surface area (Å²) in [5.41, 5.74) is 1.08. The third-order valence-electron chi connectivity index (χ3n) is 2.46. The number of hydrogen-bond acceptors (Lipinski definition) is 3. The summed E-state index contributed by atoms with van der Waals surface area (Å²) in [6.07, 6.45) is 0. The quantitative estimate of drug-likeness (QED) is 0.765. The number of aryl methyl sites for hydroxylation is 1. The zero-order valence-corrected chi connectivity index (χ0v) is 10.8. The van der Waals surface area contributed by atoms with Crippen molar-refractivity contribution in [3.05, 3.63) is 23.9 Å². The van der Waals surface area contributed by atoms with Gasteiger partial charge in [-0.15, -0.1) is 0 Å². The molecule has 0 aliphatic rings. The van der Waals surface area contributed by atoms with Crippen molar-refractivity contribution in [2.45, 2.75) is 26.8 Å². The van der Waals surface area contributed by atoms with E-state index >= 15 is 0 Å². The third-order valence-corrected chi connectivity index (χ3v) is 3.59. The lowest BCUT2D eigenvalue weighted by atomic mass is 10.3. The predicted octanol–water partition coefficient (Wildman–Crippen LogP) is 2.97. The Hall–Kier alpha value is -0.700. The van der Waals surface area contributed by atoms with E-state index in [2.05, 4.69) is 42.9 Å². The van der Waals surface area contributed by atoms with Crippen LogP contribution in [0.2, 0.25) is 0 Å². The second kappa shape index (κ2) is 6.01. The number of thioether (sulfide) groups is 1. The Morgan fingerprint density at radius 1 is 1.47 bits per heavy atom. The molecule has 0 aliphatic carbocycles. The van der Waals surface area contributed by atoms with E-state index in [1.165, 1.54) is 5.75 Å². The lowest BCUT2D eigenvalue weighted by molar-refractivity contribution is 0.751. The van der Waals surface area contributed by atoms with Crippen LogP contribution in [0, 0.1) is 6.92 Å². The van der Waals surface area contributed by atoms with Crippen LogP contribution in [0.15, 0.2) is 18.2 Å². The summed E-state index contributed by atoms with van der Waals surface area (Å²) >= 11 is 1.97. The summed E-state index contributed by atoms with van der Waals surface area (Å²) in [6, 6.07) is 6.70. The number of rotatable bonds is 5. The highest BCUT2D eigenvalue weighted by atomic mass is 32.2. The molecule has 1 rings (SSSR count). The minimum atomic E-state index is 0.532. The molecule has 0 bridgehead atoms. The van der Waals surface area contributed by atoms with Gasteiger partial charge in [-0.25, -0.2) is 4.98 Å². The summed E-state index contributed by atoms with van der Waals surface area (Å²) in [5, 5.41) is 0. The molecule has 2 nitrogen and oxygen atoms in total. The van der Waals surface area contributed by atoms with Gasteiger partial charge in [0.05, 0.1) is 0 Å². The van der Waals surface area contributed by atoms with Crippen molar-refractivity contribution in [3.8, 4) is 0 Å². The first-order valence-electron chi connectivity index (χ1n) is 5.39. The van der Waals surface area contributed by atoms with Crippen molar-refractivity contribution in [1.82, 2.24) is 4.98 Å². The molecule has 0 spiro atoms. The first-order chi connectivity index (χ1) is 7.15. The van der Waals surface area contributed by atoms with Gasteiger partial charge in [0.1, 0.15) is 5.82 Å². The van der Waals surface area contributed by atoms with Gasteiger partial charge in [-0.2, -0.15) is 11.8 Å². The molecule has 0 fully saturated rings. The summed E-state index contributed by atoms with van der Waals surface area (Å²) < 4.78 is 0. The fraction of sp³-hybridized carbons (Fsp3) is 0.583. The molecular weight excluding hydrogens is 204 g/mol. The van der Waals surface area contributed by atoms with Gasteiger partial charge in [-0.05, 0) is 31.7 Å². The molecule has 1 heterocycles. The van der Waals surface area contributed by atoms with Crippen LogP contribution >= 0.6 is 11.8 Å². The molecule has 0 saturated heterocycles. The van der Waals surface area contributed by atoms with E-state index in [1.807, 2.05) is 24.8 Å². The number of pyridine rings is 1. The van der Waals surface area contributed by atoms with E-state index in [9.17, 15) is 0 Å². The average Bonchev–Trinajstić information content (AvgIpc) is 2.24. The van der Waals surface area contributed by atoms with E-state index < -0.39 is 0 Å². The molecule has 1 unspecified atom stereocenters. The maximum atomic E-state index is 4.52. The number of hydrogen-bond donors (Lipinski definition) is 0. The Bertz CT molecular complexity index is 301. The molecule has 0 N–H and O–H groups in total. The highest BCUT2D eigenvalue weighted by Gasteiger charge is 2.10. The zero-order chi connectivity index (χ0) is 11.3. The second-order valence-corrected chi connectivity index (χ2v) is 5.08. The lowest BCUT2D eigenvalue weighted by Crippen LogP contribution is -2.31. The van der Waals surface area contributed by atoms with Gasteiger partial charge in [-0.1, -0.05) is 13.0 Å². The van der Waals surface area contributed by atoms with Crippen LogP contribution in [0.5, 0.6) is 0 Å². The van der Waals surface area contributed by atoms with Crippen molar-refractivity contribution < 1.29 is 0 Å². The Kier molecular flexibility index (Phi) is 4.95. The van der Waals surface area contributed by atoms with Gasteiger partial charge < -0.3 is 4.90 Å². The maximum Gasteiger partial charge on any atom is 0.128 e. The molecule has 1 aromatic heterocycles. The molecule has 0 radical (unpaired) electrons. The molecule has 1 aromatic rings. The predicted molar refractivity (Wildman–Crippen MR) is 69.8 cm³/mol. The van der Waals surface area contributed by atoms with Crippen molar-refractivity contribution in [2.24, 2.45) is 0 Å². The van der Waals surface area contributed by atoms with Gasteiger partial charge in [-0.3, -0.25) is 0 Å².